The smallest absolute Gasteiger partial charge is 0.192 e. The number of allylic oxidation sites excluding steroid dienone is 4. The number of hydrogen-bond donors (Lipinski definition) is 1. The van der Waals surface area contributed by atoms with Gasteiger partial charge in [-0.25, -0.2) is 0 Å². The fourth-order valence-electron chi connectivity index (χ4n) is 9.01. The zero-order valence-corrected chi connectivity index (χ0v) is 26.5. The van der Waals surface area contributed by atoms with Crippen LogP contribution in [0.2, 0.25) is 18.1 Å². The molecule has 1 N–H and O–H groups in total. The highest BCUT2D eigenvalue weighted by atomic mass is 28.4. The number of rotatable bonds is 12. The van der Waals surface area contributed by atoms with E-state index in [0.717, 1.165) is 11.8 Å². The van der Waals surface area contributed by atoms with E-state index in [4.69, 9.17) is 4.43 Å². The molecule has 0 spiro atoms. The third kappa shape index (κ3) is 5.40. The second-order valence-corrected chi connectivity index (χ2v) is 19.0. The summed E-state index contributed by atoms with van der Waals surface area (Å²) in [5.74, 6) is 3.59. The molecule has 0 aromatic carbocycles. The molecule has 0 amide bonds. The highest BCUT2D eigenvalue weighted by Gasteiger charge is 2.58. The molecular weight excluding hydrogens is 468 g/mol. The van der Waals surface area contributed by atoms with Crippen LogP contribution in [0.25, 0.3) is 0 Å². The van der Waals surface area contributed by atoms with Crippen molar-refractivity contribution in [2.45, 2.75) is 124 Å². The van der Waals surface area contributed by atoms with Crippen LogP contribution in [0, 0.1) is 46.3 Å². The van der Waals surface area contributed by atoms with E-state index in [1.165, 1.54) is 63.1 Å². The maximum absolute atomic E-state index is 10.4. The monoisotopic (exact) mass is 526 g/mol. The van der Waals surface area contributed by atoms with E-state index < -0.39 is 8.32 Å². The van der Waals surface area contributed by atoms with Crippen molar-refractivity contribution in [2.24, 2.45) is 46.3 Å². The Kier molecular flexibility index (Phi) is 8.79. The van der Waals surface area contributed by atoms with E-state index in [9.17, 15) is 5.11 Å². The molecule has 4 rings (SSSR count). The van der Waals surface area contributed by atoms with Crippen LogP contribution in [0.3, 0.4) is 0 Å². The van der Waals surface area contributed by atoms with Crippen molar-refractivity contribution in [3.8, 4) is 0 Å². The van der Waals surface area contributed by atoms with Crippen LogP contribution in [-0.2, 0) is 4.43 Å². The molecule has 0 saturated heterocycles. The molecule has 4 aliphatic carbocycles. The normalized spacial score (nSPS) is 37.1. The van der Waals surface area contributed by atoms with Gasteiger partial charge in [0.1, 0.15) is 0 Å². The van der Waals surface area contributed by atoms with Crippen molar-refractivity contribution in [3.05, 3.63) is 36.0 Å². The number of aliphatic hydroxyl groups is 1. The van der Waals surface area contributed by atoms with Gasteiger partial charge in [-0.05, 0) is 106 Å². The molecule has 3 saturated carbocycles. The molecule has 3 heteroatoms. The van der Waals surface area contributed by atoms with Crippen LogP contribution in [0.15, 0.2) is 36.0 Å². The average molecular weight is 527 g/mol. The van der Waals surface area contributed by atoms with Gasteiger partial charge in [0.2, 0.25) is 0 Å². The Hall–Kier alpha value is -0.643. The zero-order chi connectivity index (χ0) is 27.1. The first-order chi connectivity index (χ1) is 17.5. The lowest BCUT2D eigenvalue weighted by atomic mass is 9.60. The summed E-state index contributed by atoms with van der Waals surface area (Å²) in [6.45, 7) is 19.4. The van der Waals surface area contributed by atoms with Crippen molar-refractivity contribution >= 4 is 8.32 Å². The summed E-state index contributed by atoms with van der Waals surface area (Å²) in [6, 6.07) is 3.63. The molecule has 2 nitrogen and oxygen atoms in total. The lowest BCUT2D eigenvalue weighted by Gasteiger charge is -2.44. The Labute approximate surface area is 230 Å². The molecule has 0 aromatic rings. The predicted octanol–water partition coefficient (Wildman–Crippen LogP) is 9.33. The Morgan fingerprint density at radius 2 is 1.84 bits per heavy atom. The number of aliphatic hydroxyl groups excluding tert-OH is 1. The minimum absolute atomic E-state index is 0.110. The molecule has 210 valence electrons. The molecule has 0 aromatic heterocycles. The van der Waals surface area contributed by atoms with Gasteiger partial charge in [0.25, 0.3) is 0 Å². The second kappa shape index (κ2) is 11.1. The molecule has 0 aliphatic heterocycles. The first-order valence-corrected chi connectivity index (χ1v) is 18.4. The van der Waals surface area contributed by atoms with Gasteiger partial charge in [0.15, 0.2) is 8.32 Å². The Bertz CT molecular complexity index is 874. The third-order valence-electron chi connectivity index (χ3n) is 12.2. The van der Waals surface area contributed by atoms with Gasteiger partial charge in [-0.1, -0.05) is 77.5 Å². The molecule has 0 radical (unpaired) electrons. The minimum Gasteiger partial charge on any atom is -0.411 e. The highest BCUT2D eigenvalue weighted by molar-refractivity contribution is 6.73. The molecular formula is C34H58O2Si. The van der Waals surface area contributed by atoms with Gasteiger partial charge in [0.05, 0.1) is 12.2 Å². The van der Waals surface area contributed by atoms with Crippen LogP contribution in [-0.4, -0.2) is 25.6 Å². The average Bonchev–Trinajstić information content (AvgIpc) is 3.24. The van der Waals surface area contributed by atoms with Gasteiger partial charge in [0, 0.05) is 17.3 Å². The van der Waals surface area contributed by atoms with Crippen LogP contribution in [0.1, 0.15) is 100 Å². The maximum Gasteiger partial charge on any atom is 0.192 e. The summed E-state index contributed by atoms with van der Waals surface area (Å²) in [7, 11) is -1.63. The van der Waals surface area contributed by atoms with Crippen LogP contribution < -0.4 is 0 Å². The highest BCUT2D eigenvalue weighted by Crippen LogP contribution is 2.66. The number of fused-ring (bicyclic) bond motifs is 2. The Balaban J connectivity index is 1.45. The summed E-state index contributed by atoms with van der Waals surface area (Å²) in [4.78, 5) is 0. The van der Waals surface area contributed by atoms with Gasteiger partial charge in [-0.3, -0.25) is 0 Å². The summed E-state index contributed by atoms with van der Waals surface area (Å²) in [5, 5.41) is 10.4. The van der Waals surface area contributed by atoms with Crippen molar-refractivity contribution in [1.82, 2.24) is 0 Å². The molecule has 3 fully saturated rings. The van der Waals surface area contributed by atoms with E-state index in [-0.39, 0.29) is 5.60 Å². The molecule has 8 atom stereocenters. The van der Waals surface area contributed by atoms with Crippen LogP contribution in [0.4, 0.5) is 0 Å². The van der Waals surface area contributed by atoms with Gasteiger partial charge < -0.3 is 9.53 Å². The van der Waals surface area contributed by atoms with E-state index >= 15 is 0 Å². The van der Waals surface area contributed by atoms with E-state index in [2.05, 4.69) is 85.8 Å². The second-order valence-electron chi connectivity index (χ2n) is 14.3. The fourth-order valence-corrected chi connectivity index (χ4v) is 12.2. The lowest BCUT2D eigenvalue weighted by molar-refractivity contribution is 0.0584. The zero-order valence-electron chi connectivity index (χ0n) is 25.5. The Morgan fingerprint density at radius 1 is 1.14 bits per heavy atom. The maximum atomic E-state index is 10.4. The summed E-state index contributed by atoms with van der Waals surface area (Å²) >= 11 is 0. The first kappa shape index (κ1) is 29.3. The van der Waals surface area contributed by atoms with Crippen molar-refractivity contribution < 1.29 is 9.53 Å². The minimum atomic E-state index is -1.63. The quantitative estimate of drug-likeness (QED) is 0.203. The van der Waals surface area contributed by atoms with Gasteiger partial charge >= 0.3 is 0 Å². The largest absolute Gasteiger partial charge is 0.411 e. The van der Waals surface area contributed by atoms with Crippen LogP contribution in [0.5, 0.6) is 0 Å². The summed E-state index contributed by atoms with van der Waals surface area (Å²) in [6.07, 6.45) is 21.5. The third-order valence-corrected chi connectivity index (χ3v) is 17.1. The molecule has 0 bridgehead atoms. The predicted molar refractivity (Wildman–Crippen MR) is 161 cm³/mol. The molecule has 37 heavy (non-hydrogen) atoms. The Morgan fingerprint density at radius 3 is 2.41 bits per heavy atom. The van der Waals surface area contributed by atoms with Crippen LogP contribution >= 0.6 is 0 Å². The van der Waals surface area contributed by atoms with Crippen molar-refractivity contribution in [2.75, 3.05) is 6.61 Å². The summed E-state index contributed by atoms with van der Waals surface area (Å²) < 4.78 is 6.97. The van der Waals surface area contributed by atoms with E-state index in [1.54, 1.807) is 5.57 Å². The standard InChI is InChI=1S/C34H58O2Si/c1-9-37(10-2,11-3)36-32(6,7)26(5)17-16-25(4)30-18-19-31-27(14-12-20-33(30,31)8)22-29(24-35)34-21-13-15-28(34)23-34/h13,16-17,21-22,25-26,28-31,35H,9-12,14-15,18-20,23-24H2,1-8H3/b17-16+,27-22+/t25-,26+,28-,29+,30-,31+,33-,34-/m1/s1. The van der Waals surface area contributed by atoms with Crippen molar-refractivity contribution in [1.29, 1.82) is 0 Å². The molecule has 0 heterocycles. The summed E-state index contributed by atoms with van der Waals surface area (Å²) in [5.41, 5.74) is 2.27. The number of hydrogen-bond acceptors (Lipinski definition) is 2. The molecule has 4 aliphatic rings. The topological polar surface area (TPSA) is 29.5 Å². The lowest BCUT2D eigenvalue weighted by Crippen LogP contribution is -2.47. The van der Waals surface area contributed by atoms with Crippen molar-refractivity contribution in [3.63, 3.8) is 0 Å². The SMILES string of the molecule is CC[Si](CC)(CC)OC(C)(C)[C@@H](C)/C=C/[C@@H](C)[C@H]1CC[C@H]2/C(=C/[C@@H](CO)[C@@]34C=CC[C@@H]3C4)CCC[C@]12C. The fraction of sp³-hybridized carbons (Fsp3) is 0.824. The van der Waals surface area contributed by atoms with E-state index in [1.807, 2.05) is 0 Å². The first-order valence-electron chi connectivity index (χ1n) is 15.9. The van der Waals surface area contributed by atoms with E-state index in [0.29, 0.717) is 41.1 Å². The molecule has 0 unspecified atom stereocenters. The van der Waals surface area contributed by atoms with Gasteiger partial charge in [-0.2, -0.15) is 0 Å². The van der Waals surface area contributed by atoms with Gasteiger partial charge in [-0.15, -0.1) is 0 Å².